The van der Waals surface area contributed by atoms with Gasteiger partial charge in [-0.2, -0.15) is 0 Å². The normalized spacial score (nSPS) is 17.9. The molecule has 2 saturated carbocycles. The lowest BCUT2D eigenvalue weighted by molar-refractivity contribution is 0.0739. The highest BCUT2D eigenvalue weighted by Gasteiger charge is 2.32. The number of hydrogen-bond donors (Lipinski definition) is 1. The van der Waals surface area contributed by atoms with Gasteiger partial charge in [0.2, 0.25) is 0 Å². The molecule has 1 N–H and O–H groups in total. The van der Waals surface area contributed by atoms with Crippen LogP contribution in [0.1, 0.15) is 36.0 Å². The highest BCUT2D eigenvalue weighted by molar-refractivity contribution is 6.33. The molecule has 1 aromatic heterocycles. The summed E-state index contributed by atoms with van der Waals surface area (Å²) in [6.45, 7) is 1.76. The molecular formula is C15H20ClN3O. The van der Waals surface area contributed by atoms with Crippen LogP contribution in [-0.2, 0) is 0 Å². The number of halogens is 1. The zero-order chi connectivity index (χ0) is 14.1. The summed E-state index contributed by atoms with van der Waals surface area (Å²) < 4.78 is 0. The van der Waals surface area contributed by atoms with Crippen LogP contribution in [0.2, 0.25) is 5.02 Å². The van der Waals surface area contributed by atoms with E-state index >= 15 is 0 Å². The molecule has 0 unspecified atom stereocenters. The molecule has 4 nitrogen and oxygen atoms in total. The minimum atomic E-state index is 0.0488. The molecule has 0 atom stereocenters. The van der Waals surface area contributed by atoms with E-state index in [0.717, 1.165) is 13.1 Å². The molecule has 0 bridgehead atoms. The Morgan fingerprint density at radius 1 is 1.35 bits per heavy atom. The van der Waals surface area contributed by atoms with Crippen molar-refractivity contribution in [1.82, 2.24) is 9.88 Å². The highest BCUT2D eigenvalue weighted by Crippen LogP contribution is 2.34. The summed E-state index contributed by atoms with van der Waals surface area (Å²) in [5.74, 6) is 2.12. The number of nitrogens with one attached hydrogen (secondary N) is 1. The zero-order valence-corrected chi connectivity index (χ0v) is 12.5. The van der Waals surface area contributed by atoms with E-state index in [9.17, 15) is 4.79 Å². The average molecular weight is 294 g/mol. The predicted octanol–water partition coefficient (Wildman–Crippen LogP) is 3.04. The molecule has 1 amide bonds. The lowest BCUT2D eigenvalue weighted by Gasteiger charge is -2.23. The molecule has 1 heterocycles. The van der Waals surface area contributed by atoms with Gasteiger partial charge in [-0.15, -0.1) is 0 Å². The Labute approximate surface area is 124 Å². The molecule has 5 heteroatoms. The first kappa shape index (κ1) is 13.7. The van der Waals surface area contributed by atoms with Crippen LogP contribution in [0.3, 0.4) is 0 Å². The third-order valence-corrected chi connectivity index (χ3v) is 4.28. The number of amides is 1. The second kappa shape index (κ2) is 5.60. The van der Waals surface area contributed by atoms with Crippen molar-refractivity contribution >= 4 is 23.3 Å². The van der Waals surface area contributed by atoms with Gasteiger partial charge in [0.05, 0.1) is 10.6 Å². The van der Waals surface area contributed by atoms with E-state index in [2.05, 4.69) is 10.3 Å². The van der Waals surface area contributed by atoms with E-state index in [1.165, 1.54) is 25.7 Å². The predicted molar refractivity (Wildman–Crippen MR) is 80.1 cm³/mol. The highest BCUT2D eigenvalue weighted by atomic mass is 35.5. The third kappa shape index (κ3) is 3.23. The van der Waals surface area contributed by atoms with Gasteiger partial charge in [0.1, 0.15) is 5.82 Å². The van der Waals surface area contributed by atoms with E-state index in [4.69, 9.17) is 11.6 Å². The lowest BCUT2D eigenvalue weighted by atomic mass is 10.2. The van der Waals surface area contributed by atoms with Crippen molar-refractivity contribution < 1.29 is 4.79 Å². The molecule has 108 valence electrons. The van der Waals surface area contributed by atoms with Crippen molar-refractivity contribution in [3.05, 3.63) is 22.8 Å². The van der Waals surface area contributed by atoms with Gasteiger partial charge in [-0.05, 0) is 43.6 Å². The number of anilines is 1. The van der Waals surface area contributed by atoms with E-state index in [0.29, 0.717) is 28.2 Å². The number of carbonyl (C=O) groups excluding carboxylic acids is 1. The van der Waals surface area contributed by atoms with Crippen LogP contribution in [0.15, 0.2) is 12.3 Å². The fourth-order valence-electron chi connectivity index (χ4n) is 2.37. The molecule has 2 aliphatic carbocycles. The van der Waals surface area contributed by atoms with E-state index in [-0.39, 0.29) is 5.91 Å². The summed E-state index contributed by atoms with van der Waals surface area (Å²) in [5, 5.41) is 3.39. The molecule has 0 saturated heterocycles. The minimum absolute atomic E-state index is 0.0488. The van der Waals surface area contributed by atoms with Gasteiger partial charge in [0.15, 0.2) is 0 Å². The molecule has 2 aliphatic rings. The first-order valence-electron chi connectivity index (χ1n) is 7.30. The van der Waals surface area contributed by atoms with Crippen molar-refractivity contribution in [2.45, 2.75) is 25.7 Å². The van der Waals surface area contributed by atoms with Gasteiger partial charge >= 0.3 is 0 Å². The SMILES string of the molecule is CNc1cc(C(=O)N(CC2CC2)CC2CC2)c(Cl)cn1. The maximum atomic E-state index is 12.7. The fourth-order valence-corrected chi connectivity index (χ4v) is 2.56. The molecule has 0 spiro atoms. The Hall–Kier alpha value is -1.29. The van der Waals surface area contributed by atoms with Gasteiger partial charge in [-0.3, -0.25) is 4.79 Å². The van der Waals surface area contributed by atoms with Gasteiger partial charge in [0, 0.05) is 26.3 Å². The number of rotatable bonds is 6. The van der Waals surface area contributed by atoms with Crippen molar-refractivity contribution in [3.8, 4) is 0 Å². The van der Waals surface area contributed by atoms with Crippen LogP contribution in [0.25, 0.3) is 0 Å². The van der Waals surface area contributed by atoms with E-state index < -0.39 is 0 Å². The quantitative estimate of drug-likeness (QED) is 0.877. The van der Waals surface area contributed by atoms with Crippen molar-refractivity contribution in [2.24, 2.45) is 11.8 Å². The van der Waals surface area contributed by atoms with Crippen LogP contribution in [-0.4, -0.2) is 35.9 Å². The molecule has 0 radical (unpaired) electrons. The maximum Gasteiger partial charge on any atom is 0.255 e. The Morgan fingerprint density at radius 3 is 2.45 bits per heavy atom. The largest absolute Gasteiger partial charge is 0.373 e. The molecule has 0 aromatic carbocycles. The first-order valence-corrected chi connectivity index (χ1v) is 7.67. The van der Waals surface area contributed by atoms with Crippen molar-refractivity contribution in [1.29, 1.82) is 0 Å². The second-order valence-corrected chi connectivity index (χ2v) is 6.30. The fraction of sp³-hybridized carbons (Fsp3) is 0.600. The third-order valence-electron chi connectivity index (χ3n) is 3.98. The first-order chi connectivity index (χ1) is 9.67. The Kier molecular flexibility index (Phi) is 3.83. The summed E-state index contributed by atoms with van der Waals surface area (Å²) in [4.78, 5) is 18.9. The van der Waals surface area contributed by atoms with Crippen molar-refractivity contribution in [2.75, 3.05) is 25.5 Å². The zero-order valence-electron chi connectivity index (χ0n) is 11.7. The number of hydrogen-bond acceptors (Lipinski definition) is 3. The summed E-state index contributed by atoms with van der Waals surface area (Å²) in [7, 11) is 1.79. The van der Waals surface area contributed by atoms with E-state index in [1.807, 2.05) is 4.90 Å². The Bertz CT molecular complexity index is 498. The monoisotopic (exact) mass is 293 g/mol. The van der Waals surface area contributed by atoms with Gasteiger partial charge in [-0.1, -0.05) is 11.6 Å². The van der Waals surface area contributed by atoms with Crippen molar-refractivity contribution in [3.63, 3.8) is 0 Å². The molecular weight excluding hydrogens is 274 g/mol. The Morgan fingerprint density at radius 2 is 1.95 bits per heavy atom. The smallest absolute Gasteiger partial charge is 0.255 e. The van der Waals surface area contributed by atoms with Gasteiger partial charge in [0.25, 0.3) is 5.91 Å². The van der Waals surface area contributed by atoms with Crippen LogP contribution in [0, 0.1) is 11.8 Å². The summed E-state index contributed by atoms with van der Waals surface area (Å²) >= 11 is 6.16. The number of nitrogens with zero attached hydrogens (tertiary/aromatic N) is 2. The molecule has 1 aromatic rings. The number of pyridine rings is 1. The van der Waals surface area contributed by atoms with Gasteiger partial charge in [-0.25, -0.2) is 4.98 Å². The summed E-state index contributed by atoms with van der Waals surface area (Å²) in [6, 6.07) is 1.75. The molecule has 3 rings (SSSR count). The lowest BCUT2D eigenvalue weighted by Crippen LogP contribution is -2.35. The molecule has 0 aliphatic heterocycles. The maximum absolute atomic E-state index is 12.7. The summed E-state index contributed by atoms with van der Waals surface area (Å²) in [5.41, 5.74) is 0.562. The minimum Gasteiger partial charge on any atom is -0.373 e. The van der Waals surface area contributed by atoms with E-state index in [1.54, 1.807) is 19.3 Å². The van der Waals surface area contributed by atoms with Crippen LogP contribution >= 0.6 is 11.6 Å². The van der Waals surface area contributed by atoms with Crippen LogP contribution in [0.4, 0.5) is 5.82 Å². The topological polar surface area (TPSA) is 45.2 Å². The van der Waals surface area contributed by atoms with Crippen LogP contribution in [0.5, 0.6) is 0 Å². The molecule has 20 heavy (non-hydrogen) atoms. The number of carbonyl (C=O) groups is 1. The van der Waals surface area contributed by atoms with Crippen LogP contribution < -0.4 is 5.32 Å². The molecule has 2 fully saturated rings. The number of aromatic nitrogens is 1. The van der Waals surface area contributed by atoms with Gasteiger partial charge < -0.3 is 10.2 Å². The second-order valence-electron chi connectivity index (χ2n) is 5.90. The Balaban J connectivity index is 1.79. The summed E-state index contributed by atoms with van der Waals surface area (Å²) in [6.07, 6.45) is 6.55. The average Bonchev–Trinajstić information content (AvgIpc) is 3.33. The standard InChI is InChI=1S/C15H20ClN3O/c1-17-14-6-12(13(16)7-18-14)15(20)19(8-10-2-3-10)9-11-4-5-11/h6-7,10-11H,2-5,8-9H2,1H3,(H,17,18).